The van der Waals surface area contributed by atoms with Gasteiger partial charge in [-0.15, -0.1) is 0 Å². The van der Waals surface area contributed by atoms with Crippen molar-refractivity contribution in [1.29, 1.82) is 0 Å². The van der Waals surface area contributed by atoms with Crippen molar-refractivity contribution in [2.24, 2.45) is 4.99 Å². The van der Waals surface area contributed by atoms with Crippen LogP contribution in [0.1, 0.15) is 11.1 Å². The second kappa shape index (κ2) is 8.10. The van der Waals surface area contributed by atoms with E-state index in [2.05, 4.69) is 20.6 Å². The van der Waals surface area contributed by atoms with E-state index < -0.39 is 0 Å². The highest BCUT2D eigenvalue weighted by Gasteiger charge is 2.06. The van der Waals surface area contributed by atoms with E-state index in [0.29, 0.717) is 24.7 Å². The van der Waals surface area contributed by atoms with Crippen LogP contribution in [0.2, 0.25) is 0 Å². The summed E-state index contributed by atoms with van der Waals surface area (Å²) in [6, 6.07) is 15.2. The van der Waals surface area contributed by atoms with Crippen LogP contribution in [0.25, 0.3) is 5.69 Å². The molecule has 1 heterocycles. The molecule has 5 nitrogen and oxygen atoms in total. The van der Waals surface area contributed by atoms with Gasteiger partial charge in [-0.25, -0.2) is 9.37 Å². The molecule has 6 heteroatoms. The van der Waals surface area contributed by atoms with Gasteiger partial charge < -0.3 is 15.2 Å². The number of imidazole rings is 1. The van der Waals surface area contributed by atoms with Gasteiger partial charge in [-0.3, -0.25) is 4.99 Å². The molecule has 0 fully saturated rings. The summed E-state index contributed by atoms with van der Waals surface area (Å²) >= 11 is 0. The fourth-order valence-electron chi connectivity index (χ4n) is 2.46. The number of nitrogens with one attached hydrogen (secondary N) is 2. The lowest BCUT2D eigenvalue weighted by Crippen LogP contribution is -2.36. The molecular weight excluding hydrogens is 317 g/mol. The van der Waals surface area contributed by atoms with Crippen LogP contribution in [0, 0.1) is 5.82 Å². The lowest BCUT2D eigenvalue weighted by molar-refractivity contribution is 0.615. The van der Waals surface area contributed by atoms with Gasteiger partial charge in [-0.1, -0.05) is 36.4 Å². The number of hydrogen-bond donors (Lipinski definition) is 2. The molecule has 0 aliphatic rings. The van der Waals surface area contributed by atoms with Crippen LogP contribution in [-0.4, -0.2) is 22.6 Å². The van der Waals surface area contributed by atoms with Gasteiger partial charge in [-0.2, -0.15) is 0 Å². The molecule has 25 heavy (non-hydrogen) atoms. The Kier molecular flexibility index (Phi) is 5.41. The molecule has 128 valence electrons. The number of aliphatic imine (C=N–C) groups is 1. The Bertz CT molecular complexity index is 828. The minimum Gasteiger partial charge on any atom is -0.352 e. The Morgan fingerprint density at radius 3 is 2.48 bits per heavy atom. The largest absolute Gasteiger partial charge is 0.352 e. The summed E-state index contributed by atoms with van der Waals surface area (Å²) in [7, 11) is 1.71. The van der Waals surface area contributed by atoms with E-state index in [1.807, 2.05) is 36.4 Å². The van der Waals surface area contributed by atoms with Crippen molar-refractivity contribution in [3.05, 3.63) is 84.2 Å². The number of rotatable bonds is 5. The van der Waals surface area contributed by atoms with E-state index in [-0.39, 0.29) is 5.82 Å². The number of benzene rings is 2. The monoisotopic (exact) mass is 337 g/mol. The second-order valence-corrected chi connectivity index (χ2v) is 5.52. The number of aromatic nitrogens is 2. The first kappa shape index (κ1) is 16.7. The van der Waals surface area contributed by atoms with Crippen LogP contribution >= 0.6 is 0 Å². The van der Waals surface area contributed by atoms with Crippen LogP contribution in [0.3, 0.4) is 0 Å². The SMILES string of the molecule is CN=C(NCc1ccccc1)NCc1ccc(-n2ccnc2)c(F)c1. The molecule has 0 amide bonds. The molecule has 2 N–H and O–H groups in total. The van der Waals surface area contributed by atoms with E-state index in [1.165, 1.54) is 11.6 Å². The third-order valence-corrected chi connectivity index (χ3v) is 3.78. The maximum Gasteiger partial charge on any atom is 0.191 e. The summed E-state index contributed by atoms with van der Waals surface area (Å²) in [6.07, 6.45) is 4.91. The molecule has 0 atom stereocenters. The van der Waals surface area contributed by atoms with Crippen LogP contribution in [-0.2, 0) is 13.1 Å². The van der Waals surface area contributed by atoms with E-state index in [1.54, 1.807) is 36.4 Å². The molecule has 0 bridgehead atoms. The highest BCUT2D eigenvalue weighted by Crippen LogP contribution is 2.14. The zero-order valence-electron chi connectivity index (χ0n) is 14.0. The van der Waals surface area contributed by atoms with Crippen molar-refractivity contribution in [1.82, 2.24) is 20.2 Å². The Morgan fingerprint density at radius 2 is 1.84 bits per heavy atom. The maximum atomic E-state index is 14.3. The summed E-state index contributed by atoms with van der Waals surface area (Å²) in [4.78, 5) is 8.13. The smallest absolute Gasteiger partial charge is 0.191 e. The lowest BCUT2D eigenvalue weighted by atomic mass is 10.2. The summed E-state index contributed by atoms with van der Waals surface area (Å²) < 4.78 is 15.9. The normalized spacial score (nSPS) is 11.4. The van der Waals surface area contributed by atoms with E-state index in [9.17, 15) is 4.39 Å². The Morgan fingerprint density at radius 1 is 1.08 bits per heavy atom. The van der Waals surface area contributed by atoms with Gasteiger partial charge in [0.05, 0.1) is 12.0 Å². The number of guanidine groups is 1. The summed E-state index contributed by atoms with van der Waals surface area (Å²) in [5, 5.41) is 6.43. The summed E-state index contributed by atoms with van der Waals surface area (Å²) in [5.74, 6) is 0.382. The zero-order valence-corrected chi connectivity index (χ0v) is 14.0. The van der Waals surface area contributed by atoms with E-state index in [4.69, 9.17) is 0 Å². The minimum atomic E-state index is -0.287. The molecule has 0 unspecified atom stereocenters. The molecule has 0 spiro atoms. The molecular formula is C19H20FN5. The standard InChI is InChI=1S/C19H20FN5/c1-21-19(23-12-15-5-3-2-4-6-15)24-13-16-7-8-18(17(20)11-16)25-10-9-22-14-25/h2-11,14H,12-13H2,1H3,(H2,21,23,24). The first-order valence-electron chi connectivity index (χ1n) is 8.01. The highest BCUT2D eigenvalue weighted by atomic mass is 19.1. The predicted octanol–water partition coefficient (Wildman–Crippen LogP) is 2.88. The summed E-state index contributed by atoms with van der Waals surface area (Å²) in [5.41, 5.74) is 2.48. The lowest BCUT2D eigenvalue weighted by Gasteiger charge is -2.13. The van der Waals surface area contributed by atoms with Crippen molar-refractivity contribution in [2.45, 2.75) is 13.1 Å². The first-order valence-corrected chi connectivity index (χ1v) is 8.01. The fraction of sp³-hybridized carbons (Fsp3) is 0.158. The van der Waals surface area contributed by atoms with Gasteiger partial charge in [0.25, 0.3) is 0 Å². The second-order valence-electron chi connectivity index (χ2n) is 5.52. The minimum absolute atomic E-state index is 0.287. The van der Waals surface area contributed by atoms with E-state index >= 15 is 0 Å². The molecule has 0 aliphatic heterocycles. The summed E-state index contributed by atoms with van der Waals surface area (Å²) in [6.45, 7) is 1.16. The van der Waals surface area contributed by atoms with E-state index in [0.717, 1.165) is 5.56 Å². The average molecular weight is 337 g/mol. The first-order chi connectivity index (χ1) is 12.3. The molecule has 2 aromatic carbocycles. The van der Waals surface area contributed by atoms with Gasteiger partial charge in [0.15, 0.2) is 5.96 Å². The van der Waals surface area contributed by atoms with Crippen molar-refractivity contribution in [3.8, 4) is 5.69 Å². The van der Waals surface area contributed by atoms with Crippen LogP contribution < -0.4 is 10.6 Å². The van der Waals surface area contributed by atoms with Crippen molar-refractivity contribution in [3.63, 3.8) is 0 Å². The molecule has 3 rings (SSSR count). The quantitative estimate of drug-likeness (QED) is 0.556. The predicted molar refractivity (Wildman–Crippen MR) is 97.0 cm³/mol. The molecule has 3 aromatic rings. The van der Waals surface area contributed by atoms with Crippen LogP contribution in [0.15, 0.2) is 72.2 Å². The third-order valence-electron chi connectivity index (χ3n) is 3.78. The highest BCUT2D eigenvalue weighted by molar-refractivity contribution is 5.79. The number of halogens is 1. The molecule has 0 aliphatic carbocycles. The fourth-order valence-corrected chi connectivity index (χ4v) is 2.46. The van der Waals surface area contributed by atoms with Gasteiger partial charge in [-0.05, 0) is 23.3 Å². The average Bonchev–Trinajstić information content (AvgIpc) is 3.17. The molecule has 0 radical (unpaired) electrons. The molecule has 0 saturated heterocycles. The Balaban J connectivity index is 1.57. The van der Waals surface area contributed by atoms with Crippen molar-refractivity contribution < 1.29 is 4.39 Å². The van der Waals surface area contributed by atoms with Gasteiger partial charge in [0.2, 0.25) is 0 Å². The number of hydrogen-bond acceptors (Lipinski definition) is 2. The Labute approximate surface area is 146 Å². The van der Waals surface area contributed by atoms with Gasteiger partial charge >= 0.3 is 0 Å². The van der Waals surface area contributed by atoms with Gasteiger partial charge in [0.1, 0.15) is 5.82 Å². The Hall–Kier alpha value is -3.15. The topological polar surface area (TPSA) is 54.2 Å². The third kappa shape index (κ3) is 4.44. The number of nitrogens with zero attached hydrogens (tertiary/aromatic N) is 3. The van der Waals surface area contributed by atoms with Crippen molar-refractivity contribution in [2.75, 3.05) is 7.05 Å². The van der Waals surface area contributed by atoms with Crippen LogP contribution in [0.5, 0.6) is 0 Å². The molecule has 0 saturated carbocycles. The molecule has 1 aromatic heterocycles. The maximum absolute atomic E-state index is 14.3. The zero-order chi connectivity index (χ0) is 17.5. The van der Waals surface area contributed by atoms with Crippen molar-refractivity contribution >= 4 is 5.96 Å². The van der Waals surface area contributed by atoms with Gasteiger partial charge in [0, 0.05) is 32.5 Å². The van der Waals surface area contributed by atoms with Crippen LogP contribution in [0.4, 0.5) is 4.39 Å².